The lowest BCUT2D eigenvalue weighted by atomic mass is 10.2. The van der Waals surface area contributed by atoms with Crippen LogP contribution in [0.4, 0.5) is 5.69 Å². The molecule has 0 aliphatic heterocycles. The number of aryl methyl sites for hydroxylation is 1. The summed E-state index contributed by atoms with van der Waals surface area (Å²) in [6, 6.07) is 14.8. The molecule has 1 amide bonds. The van der Waals surface area contributed by atoms with Gasteiger partial charge in [0, 0.05) is 11.3 Å². The average molecular weight is 285 g/mol. The highest BCUT2D eigenvalue weighted by molar-refractivity contribution is 5.92. The molecule has 2 N–H and O–H groups in total. The first-order valence-corrected chi connectivity index (χ1v) is 6.93. The number of hydrogen-bond donors (Lipinski definition) is 2. The van der Waals surface area contributed by atoms with Crippen molar-refractivity contribution < 1.29 is 14.6 Å². The normalized spacial score (nSPS) is 10.2. The molecule has 2 aromatic rings. The zero-order valence-electron chi connectivity index (χ0n) is 12.0. The second kappa shape index (κ2) is 7.45. The van der Waals surface area contributed by atoms with Crippen LogP contribution in [0, 0.1) is 0 Å². The Balaban J connectivity index is 1.92. The molecule has 2 aromatic carbocycles. The molecular weight excluding hydrogens is 266 g/mol. The summed E-state index contributed by atoms with van der Waals surface area (Å²) in [5, 5.41) is 12.0. The molecule has 0 radical (unpaired) electrons. The molecule has 0 fully saturated rings. The molecule has 0 bridgehead atoms. The van der Waals surface area contributed by atoms with Crippen molar-refractivity contribution in [3.63, 3.8) is 0 Å². The Morgan fingerprint density at radius 2 is 2.00 bits per heavy atom. The van der Waals surface area contributed by atoms with Gasteiger partial charge in [0.25, 0.3) is 5.91 Å². The van der Waals surface area contributed by atoms with Crippen molar-refractivity contribution in [2.24, 2.45) is 0 Å². The van der Waals surface area contributed by atoms with Gasteiger partial charge in [-0.05, 0) is 30.2 Å². The van der Waals surface area contributed by atoms with E-state index in [1.54, 1.807) is 18.2 Å². The minimum Gasteiger partial charge on any atom is -0.484 e. The third-order valence-corrected chi connectivity index (χ3v) is 3.14. The van der Waals surface area contributed by atoms with Gasteiger partial charge in [0.05, 0.1) is 6.61 Å². The van der Waals surface area contributed by atoms with Gasteiger partial charge in [-0.3, -0.25) is 4.79 Å². The van der Waals surface area contributed by atoms with Gasteiger partial charge in [0.1, 0.15) is 5.75 Å². The van der Waals surface area contributed by atoms with Crippen LogP contribution in [0.3, 0.4) is 0 Å². The van der Waals surface area contributed by atoms with Crippen LogP contribution in [0.15, 0.2) is 48.5 Å². The molecule has 0 aliphatic rings. The van der Waals surface area contributed by atoms with Crippen LogP contribution in [0.25, 0.3) is 0 Å². The SMILES string of the molecule is CCc1cccc(OCC(=O)Nc2ccccc2CO)c1. The van der Waals surface area contributed by atoms with E-state index in [9.17, 15) is 9.90 Å². The van der Waals surface area contributed by atoms with Crippen molar-refractivity contribution >= 4 is 11.6 Å². The third kappa shape index (κ3) is 4.33. The summed E-state index contributed by atoms with van der Waals surface area (Å²) in [6.45, 7) is 1.89. The number of nitrogens with one attached hydrogen (secondary N) is 1. The lowest BCUT2D eigenvalue weighted by molar-refractivity contribution is -0.118. The largest absolute Gasteiger partial charge is 0.484 e. The molecule has 4 nitrogen and oxygen atoms in total. The van der Waals surface area contributed by atoms with Gasteiger partial charge in [-0.1, -0.05) is 37.3 Å². The Bertz CT molecular complexity index is 610. The monoisotopic (exact) mass is 285 g/mol. The number of benzene rings is 2. The van der Waals surface area contributed by atoms with Crippen molar-refractivity contribution in [1.82, 2.24) is 0 Å². The molecule has 110 valence electrons. The van der Waals surface area contributed by atoms with E-state index in [2.05, 4.69) is 12.2 Å². The number of hydrogen-bond acceptors (Lipinski definition) is 3. The highest BCUT2D eigenvalue weighted by Gasteiger charge is 2.07. The molecule has 0 aromatic heterocycles. The number of rotatable bonds is 6. The fourth-order valence-electron chi connectivity index (χ4n) is 1.97. The van der Waals surface area contributed by atoms with Crippen molar-refractivity contribution in [1.29, 1.82) is 0 Å². The summed E-state index contributed by atoms with van der Waals surface area (Å²) in [4.78, 5) is 11.9. The van der Waals surface area contributed by atoms with E-state index >= 15 is 0 Å². The topological polar surface area (TPSA) is 58.6 Å². The van der Waals surface area contributed by atoms with Crippen LogP contribution in [0.5, 0.6) is 5.75 Å². The summed E-state index contributed by atoms with van der Waals surface area (Å²) in [7, 11) is 0. The number of para-hydroxylation sites is 1. The van der Waals surface area contributed by atoms with Crippen LogP contribution in [0.2, 0.25) is 0 Å². The maximum Gasteiger partial charge on any atom is 0.262 e. The Morgan fingerprint density at radius 3 is 2.76 bits per heavy atom. The van der Waals surface area contributed by atoms with E-state index in [-0.39, 0.29) is 19.1 Å². The van der Waals surface area contributed by atoms with Crippen LogP contribution in [-0.4, -0.2) is 17.6 Å². The van der Waals surface area contributed by atoms with Crippen LogP contribution in [-0.2, 0) is 17.8 Å². The lowest BCUT2D eigenvalue weighted by Crippen LogP contribution is -2.21. The number of aliphatic hydroxyl groups is 1. The number of aliphatic hydroxyl groups excluding tert-OH is 1. The summed E-state index contributed by atoms with van der Waals surface area (Å²) in [5.74, 6) is 0.428. The fourth-order valence-corrected chi connectivity index (χ4v) is 1.97. The van der Waals surface area contributed by atoms with Gasteiger partial charge in [0.2, 0.25) is 0 Å². The van der Waals surface area contributed by atoms with E-state index in [4.69, 9.17) is 4.74 Å². The van der Waals surface area contributed by atoms with E-state index in [1.807, 2.05) is 30.3 Å². The first-order valence-electron chi connectivity index (χ1n) is 6.93. The zero-order chi connectivity index (χ0) is 15.1. The molecule has 0 spiro atoms. The molecule has 0 atom stereocenters. The van der Waals surface area contributed by atoms with E-state index < -0.39 is 0 Å². The summed E-state index contributed by atoms with van der Waals surface area (Å²) in [5.41, 5.74) is 2.45. The second-order valence-electron chi connectivity index (χ2n) is 4.65. The van der Waals surface area contributed by atoms with E-state index in [1.165, 1.54) is 5.56 Å². The first-order chi connectivity index (χ1) is 10.2. The highest BCUT2D eigenvalue weighted by Crippen LogP contribution is 2.16. The van der Waals surface area contributed by atoms with Gasteiger partial charge in [-0.15, -0.1) is 0 Å². The molecular formula is C17H19NO3. The molecule has 4 heteroatoms. The Kier molecular flexibility index (Phi) is 5.35. The number of amides is 1. The zero-order valence-corrected chi connectivity index (χ0v) is 12.0. The minimum absolute atomic E-state index is 0.0626. The molecule has 21 heavy (non-hydrogen) atoms. The first kappa shape index (κ1) is 15.1. The highest BCUT2D eigenvalue weighted by atomic mass is 16.5. The quantitative estimate of drug-likeness (QED) is 0.858. The maximum absolute atomic E-state index is 11.9. The number of carbonyl (C=O) groups is 1. The Morgan fingerprint density at radius 1 is 1.19 bits per heavy atom. The van der Waals surface area contributed by atoms with Gasteiger partial charge < -0.3 is 15.2 Å². The predicted molar refractivity (Wildman–Crippen MR) is 82.3 cm³/mol. The van der Waals surface area contributed by atoms with Crippen LogP contribution < -0.4 is 10.1 Å². The van der Waals surface area contributed by atoms with Crippen molar-refractivity contribution in [3.05, 3.63) is 59.7 Å². The molecule has 0 saturated heterocycles. The van der Waals surface area contributed by atoms with Gasteiger partial charge >= 0.3 is 0 Å². The lowest BCUT2D eigenvalue weighted by Gasteiger charge is -2.10. The minimum atomic E-state index is -0.252. The fraction of sp³-hybridized carbons (Fsp3) is 0.235. The van der Waals surface area contributed by atoms with Crippen LogP contribution in [0.1, 0.15) is 18.1 Å². The van der Waals surface area contributed by atoms with Crippen molar-refractivity contribution in [3.8, 4) is 5.75 Å². The predicted octanol–water partition coefficient (Wildman–Crippen LogP) is 2.76. The maximum atomic E-state index is 11.9. The van der Waals surface area contributed by atoms with Gasteiger partial charge in [-0.2, -0.15) is 0 Å². The molecule has 0 saturated carbocycles. The number of anilines is 1. The second-order valence-corrected chi connectivity index (χ2v) is 4.65. The van der Waals surface area contributed by atoms with E-state index in [0.717, 1.165) is 6.42 Å². The molecule has 0 aliphatic carbocycles. The smallest absolute Gasteiger partial charge is 0.262 e. The van der Waals surface area contributed by atoms with Crippen molar-refractivity contribution in [2.45, 2.75) is 20.0 Å². The summed E-state index contributed by atoms with van der Waals surface area (Å²) >= 11 is 0. The third-order valence-electron chi connectivity index (χ3n) is 3.14. The van der Waals surface area contributed by atoms with Gasteiger partial charge in [0.15, 0.2) is 6.61 Å². The molecule has 2 rings (SSSR count). The Hall–Kier alpha value is -2.33. The number of carbonyl (C=O) groups excluding carboxylic acids is 1. The standard InChI is InChI=1S/C17H19NO3/c1-2-13-6-5-8-15(10-13)21-12-17(20)18-16-9-4-3-7-14(16)11-19/h3-10,19H,2,11-12H2,1H3,(H,18,20). The summed E-state index contributed by atoms with van der Waals surface area (Å²) < 4.78 is 5.48. The molecule has 0 unspecified atom stereocenters. The van der Waals surface area contributed by atoms with Crippen molar-refractivity contribution in [2.75, 3.05) is 11.9 Å². The molecule has 0 heterocycles. The number of ether oxygens (including phenoxy) is 1. The summed E-state index contributed by atoms with van der Waals surface area (Å²) in [6.07, 6.45) is 0.924. The van der Waals surface area contributed by atoms with Crippen LogP contribution >= 0.6 is 0 Å². The van der Waals surface area contributed by atoms with Gasteiger partial charge in [-0.25, -0.2) is 0 Å². The Labute approximate surface area is 124 Å². The average Bonchev–Trinajstić information content (AvgIpc) is 2.53. The van der Waals surface area contributed by atoms with E-state index in [0.29, 0.717) is 17.0 Å².